The average Bonchev–Trinajstić information content (AvgIpc) is 2.46. The van der Waals surface area contributed by atoms with Crippen LogP contribution in [0.15, 0.2) is 29.2 Å². The van der Waals surface area contributed by atoms with E-state index in [2.05, 4.69) is 19.2 Å². The lowest BCUT2D eigenvalue weighted by molar-refractivity contribution is 0.253. The van der Waals surface area contributed by atoms with Crippen molar-refractivity contribution in [3.8, 4) is 5.75 Å². The topological polar surface area (TPSA) is 38.3 Å². The van der Waals surface area contributed by atoms with Crippen LogP contribution in [-0.2, 0) is 10.8 Å². The second-order valence-corrected chi connectivity index (χ2v) is 7.50. The van der Waals surface area contributed by atoms with Crippen molar-refractivity contribution in [1.29, 1.82) is 0 Å². The zero-order valence-electron chi connectivity index (χ0n) is 12.8. The van der Waals surface area contributed by atoms with Crippen LogP contribution < -0.4 is 10.1 Å². The Kier molecular flexibility index (Phi) is 5.22. The van der Waals surface area contributed by atoms with Gasteiger partial charge in [0.15, 0.2) is 0 Å². The third-order valence-corrected chi connectivity index (χ3v) is 6.32. The fraction of sp³-hybridized carbons (Fsp3) is 0.625. The number of methoxy groups -OCH3 is 1. The van der Waals surface area contributed by atoms with Gasteiger partial charge in [-0.3, -0.25) is 4.21 Å². The Labute approximate surface area is 124 Å². The van der Waals surface area contributed by atoms with Crippen molar-refractivity contribution in [3.63, 3.8) is 0 Å². The Morgan fingerprint density at radius 1 is 1.20 bits per heavy atom. The minimum atomic E-state index is -0.973. The molecular formula is C16H25NO2S. The van der Waals surface area contributed by atoms with Gasteiger partial charge in [-0.05, 0) is 56.0 Å². The molecule has 5 atom stereocenters. The van der Waals surface area contributed by atoms with E-state index in [1.807, 2.05) is 31.3 Å². The van der Waals surface area contributed by atoms with Crippen LogP contribution in [0.4, 0.5) is 0 Å². The first kappa shape index (κ1) is 15.5. The molecule has 0 aromatic heterocycles. The number of hydrogen-bond acceptors (Lipinski definition) is 3. The Bertz CT molecular complexity index is 460. The summed E-state index contributed by atoms with van der Waals surface area (Å²) in [5, 5.41) is 3.56. The summed E-state index contributed by atoms with van der Waals surface area (Å²) in [5.41, 5.74) is 0. The summed E-state index contributed by atoms with van der Waals surface area (Å²) in [6.45, 7) is 4.51. The molecule has 0 radical (unpaired) electrons. The van der Waals surface area contributed by atoms with Crippen LogP contribution in [0.25, 0.3) is 0 Å². The summed E-state index contributed by atoms with van der Waals surface area (Å²) in [6.07, 6.45) is 2.26. The smallest absolute Gasteiger partial charge is 0.118 e. The molecule has 0 aliphatic heterocycles. The first-order chi connectivity index (χ1) is 9.56. The van der Waals surface area contributed by atoms with E-state index in [1.165, 1.54) is 0 Å². The van der Waals surface area contributed by atoms with Gasteiger partial charge in [0.05, 0.1) is 23.2 Å². The van der Waals surface area contributed by atoms with Crippen LogP contribution in [0.3, 0.4) is 0 Å². The minimum absolute atomic E-state index is 0.185. The number of ether oxygens (including phenoxy) is 1. The van der Waals surface area contributed by atoms with Gasteiger partial charge in [0.25, 0.3) is 0 Å². The van der Waals surface area contributed by atoms with Gasteiger partial charge in [-0.15, -0.1) is 0 Å². The highest BCUT2D eigenvalue weighted by Crippen LogP contribution is 2.34. The third-order valence-electron chi connectivity index (χ3n) is 4.30. The van der Waals surface area contributed by atoms with Crippen LogP contribution >= 0.6 is 0 Å². The molecule has 1 aliphatic carbocycles. The number of hydrogen-bond donors (Lipinski definition) is 1. The van der Waals surface area contributed by atoms with E-state index in [0.717, 1.165) is 23.5 Å². The molecule has 4 heteroatoms. The van der Waals surface area contributed by atoms with Gasteiger partial charge in [-0.25, -0.2) is 0 Å². The van der Waals surface area contributed by atoms with E-state index < -0.39 is 10.8 Å². The molecule has 1 saturated carbocycles. The monoisotopic (exact) mass is 295 g/mol. The molecule has 0 amide bonds. The van der Waals surface area contributed by atoms with E-state index >= 15 is 0 Å². The minimum Gasteiger partial charge on any atom is -0.497 e. The van der Waals surface area contributed by atoms with Crippen LogP contribution in [0, 0.1) is 11.8 Å². The second kappa shape index (κ2) is 6.72. The predicted molar refractivity (Wildman–Crippen MR) is 83.6 cm³/mol. The molecule has 1 fully saturated rings. The summed E-state index contributed by atoms with van der Waals surface area (Å²) in [4.78, 5) is 0.900. The molecule has 1 aliphatic rings. The van der Waals surface area contributed by atoms with Crippen LogP contribution in [0.1, 0.15) is 26.7 Å². The summed E-state index contributed by atoms with van der Waals surface area (Å²) in [5.74, 6) is 1.98. The molecule has 112 valence electrons. The molecule has 0 saturated heterocycles. The fourth-order valence-corrected chi connectivity index (χ4v) is 5.14. The molecule has 5 unspecified atom stereocenters. The van der Waals surface area contributed by atoms with Crippen molar-refractivity contribution in [2.75, 3.05) is 14.2 Å². The number of benzene rings is 1. The summed E-state index contributed by atoms with van der Waals surface area (Å²) < 4.78 is 18.1. The zero-order chi connectivity index (χ0) is 14.7. The summed E-state index contributed by atoms with van der Waals surface area (Å²) >= 11 is 0. The van der Waals surface area contributed by atoms with E-state index in [0.29, 0.717) is 17.9 Å². The molecule has 2 rings (SSSR count). The Hall–Kier alpha value is -0.870. The molecule has 1 aromatic rings. The lowest BCUT2D eigenvalue weighted by Gasteiger charge is -2.38. The summed E-state index contributed by atoms with van der Waals surface area (Å²) in [7, 11) is 2.65. The second-order valence-electron chi connectivity index (χ2n) is 5.89. The van der Waals surface area contributed by atoms with Crippen LogP contribution in [0.5, 0.6) is 5.75 Å². The molecule has 3 nitrogen and oxygen atoms in total. The lowest BCUT2D eigenvalue weighted by atomic mass is 9.80. The Morgan fingerprint density at radius 3 is 2.40 bits per heavy atom. The van der Waals surface area contributed by atoms with Gasteiger partial charge in [0.1, 0.15) is 5.75 Å². The molecule has 0 spiro atoms. The maximum Gasteiger partial charge on any atom is 0.118 e. The van der Waals surface area contributed by atoms with Gasteiger partial charge < -0.3 is 10.1 Å². The first-order valence-electron chi connectivity index (χ1n) is 7.28. The lowest BCUT2D eigenvalue weighted by Crippen LogP contribution is -2.48. The first-order valence-corrected chi connectivity index (χ1v) is 8.50. The van der Waals surface area contributed by atoms with Crippen molar-refractivity contribution < 1.29 is 8.95 Å². The van der Waals surface area contributed by atoms with E-state index in [1.54, 1.807) is 7.11 Å². The van der Waals surface area contributed by atoms with Crippen molar-refractivity contribution in [2.45, 2.75) is 42.9 Å². The predicted octanol–water partition coefficient (Wildman–Crippen LogP) is 2.83. The quantitative estimate of drug-likeness (QED) is 0.928. The highest BCUT2D eigenvalue weighted by atomic mass is 32.2. The number of nitrogens with one attached hydrogen (secondary N) is 1. The van der Waals surface area contributed by atoms with E-state index in [9.17, 15) is 4.21 Å². The molecule has 0 bridgehead atoms. The SMILES string of the molecule is CNC1CC(C)CC(C)C1S(=O)c1ccc(OC)cc1. The van der Waals surface area contributed by atoms with E-state index in [4.69, 9.17) is 4.74 Å². The van der Waals surface area contributed by atoms with Gasteiger partial charge in [0, 0.05) is 10.9 Å². The Balaban J connectivity index is 2.20. The molecule has 20 heavy (non-hydrogen) atoms. The van der Waals surface area contributed by atoms with Crippen molar-refractivity contribution in [2.24, 2.45) is 11.8 Å². The van der Waals surface area contributed by atoms with Crippen LogP contribution in [-0.4, -0.2) is 29.7 Å². The van der Waals surface area contributed by atoms with Gasteiger partial charge >= 0.3 is 0 Å². The van der Waals surface area contributed by atoms with Gasteiger partial charge in [-0.2, -0.15) is 0 Å². The van der Waals surface area contributed by atoms with Gasteiger partial charge in [-0.1, -0.05) is 13.8 Å². The van der Waals surface area contributed by atoms with Crippen molar-refractivity contribution >= 4 is 10.8 Å². The zero-order valence-corrected chi connectivity index (χ0v) is 13.6. The number of rotatable bonds is 4. The fourth-order valence-electron chi connectivity index (χ4n) is 3.34. The standard InChI is InChI=1S/C16H25NO2S/c1-11-9-12(2)16(15(10-11)17-3)20(18)14-7-5-13(19-4)6-8-14/h5-8,11-12,15-17H,9-10H2,1-4H3. The molecule has 1 N–H and O–H groups in total. The maximum absolute atomic E-state index is 12.9. The average molecular weight is 295 g/mol. The van der Waals surface area contributed by atoms with Crippen LogP contribution in [0.2, 0.25) is 0 Å². The highest BCUT2D eigenvalue weighted by molar-refractivity contribution is 7.85. The Morgan fingerprint density at radius 2 is 1.85 bits per heavy atom. The maximum atomic E-state index is 12.9. The normalized spacial score (nSPS) is 31.8. The summed E-state index contributed by atoms with van der Waals surface area (Å²) in [6, 6.07) is 7.95. The largest absolute Gasteiger partial charge is 0.497 e. The molecule has 1 aromatic carbocycles. The molecule has 0 heterocycles. The van der Waals surface area contributed by atoms with Crippen molar-refractivity contribution in [1.82, 2.24) is 5.32 Å². The van der Waals surface area contributed by atoms with Gasteiger partial charge in [0.2, 0.25) is 0 Å². The third kappa shape index (κ3) is 3.23. The highest BCUT2D eigenvalue weighted by Gasteiger charge is 2.37. The molecular weight excluding hydrogens is 270 g/mol. The van der Waals surface area contributed by atoms with Crippen molar-refractivity contribution in [3.05, 3.63) is 24.3 Å². The van der Waals surface area contributed by atoms with E-state index in [-0.39, 0.29) is 5.25 Å².